The van der Waals surface area contributed by atoms with E-state index in [-0.39, 0.29) is 6.10 Å². The van der Waals surface area contributed by atoms with Gasteiger partial charge >= 0.3 is 0 Å². The molecule has 156 valence electrons. The molecule has 2 aliphatic rings. The van der Waals surface area contributed by atoms with Crippen LogP contribution in [0.2, 0.25) is 0 Å². The molecule has 3 aromatic rings. The van der Waals surface area contributed by atoms with Gasteiger partial charge in [-0.2, -0.15) is 0 Å². The number of rotatable bonds is 6. The summed E-state index contributed by atoms with van der Waals surface area (Å²) in [7, 11) is 1.62. The summed E-state index contributed by atoms with van der Waals surface area (Å²) in [5.41, 5.74) is 3.23. The number of nitrogens with zero attached hydrogens (tertiary/aromatic N) is 3. The molecule has 2 aromatic heterocycles. The molecule has 0 bridgehead atoms. The highest BCUT2D eigenvalue weighted by atomic mass is 16.6. The van der Waals surface area contributed by atoms with Crippen LogP contribution in [-0.2, 0) is 24.4 Å². The summed E-state index contributed by atoms with van der Waals surface area (Å²) in [6.07, 6.45) is 3.79. The number of methoxy groups -OCH3 is 1. The maximum atomic E-state index is 5.99. The molecule has 0 saturated heterocycles. The highest BCUT2D eigenvalue weighted by Crippen LogP contribution is 2.35. The molecule has 4 heterocycles. The van der Waals surface area contributed by atoms with E-state index in [0.29, 0.717) is 25.7 Å². The Morgan fingerprint density at radius 1 is 1.10 bits per heavy atom. The first-order valence-corrected chi connectivity index (χ1v) is 10.1. The molecular weight excluding hydrogens is 384 g/mol. The molecular formula is C22H24N4O4. The second-order valence-corrected chi connectivity index (χ2v) is 7.30. The minimum Gasteiger partial charge on any atom is -0.486 e. The lowest BCUT2D eigenvalue weighted by Gasteiger charge is -2.26. The van der Waals surface area contributed by atoms with Crippen LogP contribution >= 0.6 is 0 Å². The maximum absolute atomic E-state index is 5.99. The van der Waals surface area contributed by atoms with E-state index in [2.05, 4.69) is 25.9 Å². The number of fused-ring (bicyclic) bond motifs is 2. The second-order valence-electron chi connectivity index (χ2n) is 7.30. The van der Waals surface area contributed by atoms with Crippen LogP contribution in [-0.4, -0.2) is 47.5 Å². The van der Waals surface area contributed by atoms with Gasteiger partial charge < -0.3 is 28.8 Å². The van der Waals surface area contributed by atoms with Crippen molar-refractivity contribution in [1.82, 2.24) is 19.9 Å². The molecule has 1 N–H and O–H groups in total. The molecule has 0 aliphatic carbocycles. The van der Waals surface area contributed by atoms with Crippen molar-refractivity contribution in [1.29, 1.82) is 0 Å². The van der Waals surface area contributed by atoms with Crippen molar-refractivity contribution in [3.8, 4) is 28.6 Å². The Morgan fingerprint density at radius 2 is 2.00 bits per heavy atom. The zero-order chi connectivity index (χ0) is 20.3. The molecule has 1 atom stereocenters. The number of hydrogen-bond acceptors (Lipinski definition) is 7. The van der Waals surface area contributed by atoms with Crippen molar-refractivity contribution in [3.05, 3.63) is 54.1 Å². The number of imidazole rings is 1. The third-order valence-corrected chi connectivity index (χ3v) is 5.32. The fourth-order valence-electron chi connectivity index (χ4n) is 3.75. The minimum absolute atomic E-state index is 0.0638. The summed E-state index contributed by atoms with van der Waals surface area (Å²) >= 11 is 0. The van der Waals surface area contributed by atoms with Crippen molar-refractivity contribution in [2.24, 2.45) is 0 Å². The largest absolute Gasteiger partial charge is 0.486 e. The molecule has 0 unspecified atom stereocenters. The number of aromatic nitrogens is 3. The summed E-state index contributed by atoms with van der Waals surface area (Å²) in [4.78, 5) is 8.79. The maximum Gasteiger partial charge on any atom is 0.212 e. The van der Waals surface area contributed by atoms with Gasteiger partial charge in [-0.05, 0) is 23.8 Å². The summed E-state index contributed by atoms with van der Waals surface area (Å²) in [6, 6.07) is 9.92. The van der Waals surface area contributed by atoms with Crippen molar-refractivity contribution in [3.63, 3.8) is 0 Å². The van der Waals surface area contributed by atoms with E-state index in [1.807, 2.05) is 36.7 Å². The Bertz CT molecular complexity index is 1020. The van der Waals surface area contributed by atoms with E-state index in [9.17, 15) is 0 Å². The second kappa shape index (κ2) is 8.33. The third-order valence-electron chi connectivity index (χ3n) is 5.32. The highest BCUT2D eigenvalue weighted by Gasteiger charge is 2.23. The summed E-state index contributed by atoms with van der Waals surface area (Å²) in [5, 5.41) is 3.46. The Kier molecular flexibility index (Phi) is 5.25. The SMILES string of the molecule is COc1ccc(CNC[C@H]2Cn3c(-c4ccc5c(c4)OCCO5)cnc3CO2)cn1. The van der Waals surface area contributed by atoms with Gasteiger partial charge in [0.25, 0.3) is 0 Å². The van der Waals surface area contributed by atoms with E-state index in [1.54, 1.807) is 7.11 Å². The van der Waals surface area contributed by atoms with Crippen LogP contribution < -0.4 is 19.5 Å². The van der Waals surface area contributed by atoms with E-state index in [4.69, 9.17) is 18.9 Å². The molecule has 0 fully saturated rings. The molecule has 2 aliphatic heterocycles. The normalized spacial score (nSPS) is 17.4. The van der Waals surface area contributed by atoms with Crippen LogP contribution in [0.5, 0.6) is 17.4 Å². The first kappa shape index (κ1) is 18.9. The smallest absolute Gasteiger partial charge is 0.212 e. The molecule has 0 radical (unpaired) electrons. The van der Waals surface area contributed by atoms with Crippen LogP contribution in [0.4, 0.5) is 0 Å². The van der Waals surface area contributed by atoms with Crippen molar-refractivity contribution >= 4 is 0 Å². The standard InChI is InChI=1S/C22H24N4O4/c1-27-22-5-2-15(10-25-22)9-23-11-17-13-26-18(12-24-21(26)14-30-17)16-3-4-19-20(8-16)29-7-6-28-19/h2-5,8,10,12,17,23H,6-7,9,11,13-14H2,1H3/t17-/m0/s1. The Hall–Kier alpha value is -3.10. The Balaban J connectivity index is 1.24. The average molecular weight is 408 g/mol. The lowest BCUT2D eigenvalue weighted by molar-refractivity contribution is 0.00325. The first-order chi connectivity index (χ1) is 14.8. The van der Waals surface area contributed by atoms with Crippen molar-refractivity contribution < 1.29 is 18.9 Å². The van der Waals surface area contributed by atoms with Crippen LogP contribution in [0.1, 0.15) is 11.4 Å². The fraction of sp³-hybridized carbons (Fsp3) is 0.364. The van der Waals surface area contributed by atoms with Gasteiger partial charge in [0.05, 0.1) is 31.6 Å². The zero-order valence-electron chi connectivity index (χ0n) is 16.8. The minimum atomic E-state index is 0.0638. The highest BCUT2D eigenvalue weighted by molar-refractivity contribution is 5.64. The van der Waals surface area contributed by atoms with Gasteiger partial charge in [0.15, 0.2) is 11.5 Å². The molecule has 0 amide bonds. The summed E-state index contributed by atoms with van der Waals surface area (Å²) in [5.74, 6) is 3.14. The van der Waals surface area contributed by atoms with Gasteiger partial charge in [0, 0.05) is 30.9 Å². The Labute approximate surface area is 174 Å². The van der Waals surface area contributed by atoms with Crippen molar-refractivity contribution in [2.75, 3.05) is 26.9 Å². The molecule has 0 spiro atoms. The lowest BCUT2D eigenvalue weighted by atomic mass is 10.1. The topological polar surface area (TPSA) is 79.7 Å². The molecule has 8 heteroatoms. The van der Waals surface area contributed by atoms with Gasteiger partial charge in [-0.15, -0.1) is 0 Å². The van der Waals surface area contributed by atoms with Gasteiger partial charge in [-0.1, -0.05) is 6.07 Å². The zero-order valence-corrected chi connectivity index (χ0v) is 16.8. The average Bonchev–Trinajstić information content (AvgIpc) is 3.22. The monoisotopic (exact) mass is 408 g/mol. The molecule has 1 aromatic carbocycles. The number of pyridine rings is 1. The number of hydrogen-bond donors (Lipinski definition) is 1. The predicted molar refractivity (Wildman–Crippen MR) is 110 cm³/mol. The third kappa shape index (κ3) is 3.83. The molecule has 30 heavy (non-hydrogen) atoms. The lowest BCUT2D eigenvalue weighted by Crippen LogP contribution is -2.36. The Morgan fingerprint density at radius 3 is 2.83 bits per heavy atom. The van der Waals surface area contributed by atoms with Gasteiger partial charge in [0.2, 0.25) is 5.88 Å². The van der Waals surface area contributed by atoms with Gasteiger partial charge in [-0.3, -0.25) is 0 Å². The number of ether oxygens (including phenoxy) is 4. The molecule has 5 rings (SSSR count). The molecule has 0 saturated carbocycles. The van der Waals surface area contributed by atoms with Crippen molar-refractivity contribution in [2.45, 2.75) is 25.8 Å². The summed E-state index contributed by atoms with van der Waals surface area (Å²) < 4.78 is 24.7. The van der Waals surface area contributed by atoms with Gasteiger partial charge in [0.1, 0.15) is 25.6 Å². The van der Waals surface area contributed by atoms with E-state index < -0.39 is 0 Å². The van der Waals surface area contributed by atoms with E-state index in [0.717, 1.165) is 53.8 Å². The number of nitrogens with one attached hydrogen (secondary N) is 1. The number of benzene rings is 1. The van der Waals surface area contributed by atoms with Gasteiger partial charge in [-0.25, -0.2) is 9.97 Å². The van der Waals surface area contributed by atoms with Crippen LogP contribution in [0.25, 0.3) is 11.3 Å². The van der Waals surface area contributed by atoms with Crippen LogP contribution in [0, 0.1) is 0 Å². The first-order valence-electron chi connectivity index (χ1n) is 10.1. The predicted octanol–water partition coefficient (Wildman–Crippen LogP) is 2.41. The van der Waals surface area contributed by atoms with E-state index >= 15 is 0 Å². The summed E-state index contributed by atoms with van der Waals surface area (Å²) in [6.45, 7) is 3.88. The fourth-order valence-corrected chi connectivity index (χ4v) is 3.75. The van der Waals surface area contributed by atoms with Crippen LogP contribution in [0.15, 0.2) is 42.7 Å². The van der Waals surface area contributed by atoms with E-state index in [1.165, 1.54) is 0 Å². The van der Waals surface area contributed by atoms with Crippen LogP contribution in [0.3, 0.4) is 0 Å². The quantitative estimate of drug-likeness (QED) is 0.671. The molecule has 8 nitrogen and oxygen atoms in total.